The molecule has 0 fully saturated rings. The van der Waals surface area contributed by atoms with Gasteiger partial charge in [-0.3, -0.25) is 9.59 Å². The quantitative estimate of drug-likeness (QED) is 0.717. The van der Waals surface area contributed by atoms with Crippen LogP contribution < -0.4 is 20.1 Å². The molecule has 7 heteroatoms. The molecule has 0 saturated carbocycles. The lowest BCUT2D eigenvalue weighted by Crippen LogP contribution is -2.31. The Morgan fingerprint density at radius 2 is 1.71 bits per heavy atom. The van der Waals surface area contributed by atoms with Crippen molar-refractivity contribution in [2.24, 2.45) is 0 Å². The first-order chi connectivity index (χ1) is 11.6. The van der Waals surface area contributed by atoms with Crippen molar-refractivity contribution in [2.45, 2.75) is 19.5 Å². The van der Waals surface area contributed by atoms with E-state index in [1.165, 1.54) is 6.26 Å². The van der Waals surface area contributed by atoms with Gasteiger partial charge in [-0.25, -0.2) is 0 Å². The Labute approximate surface area is 139 Å². The lowest BCUT2D eigenvalue weighted by molar-refractivity contribution is -0.129. The molecule has 0 aliphatic rings. The van der Waals surface area contributed by atoms with E-state index in [2.05, 4.69) is 10.6 Å². The highest BCUT2D eigenvalue weighted by Gasteiger charge is 2.10. The van der Waals surface area contributed by atoms with Crippen molar-refractivity contribution in [3.63, 3.8) is 0 Å². The van der Waals surface area contributed by atoms with Crippen LogP contribution in [0.4, 0.5) is 0 Å². The highest BCUT2D eigenvalue weighted by Crippen LogP contribution is 2.27. The van der Waals surface area contributed by atoms with E-state index in [1.807, 2.05) is 6.07 Å². The topological polar surface area (TPSA) is 89.8 Å². The summed E-state index contributed by atoms with van der Waals surface area (Å²) < 4.78 is 15.5. The molecule has 2 N–H and O–H groups in total. The number of nitrogens with one attached hydrogen (secondary N) is 2. The first kappa shape index (κ1) is 17.4. The van der Waals surface area contributed by atoms with Crippen molar-refractivity contribution in [3.05, 3.63) is 47.9 Å². The van der Waals surface area contributed by atoms with Gasteiger partial charge in [-0.15, -0.1) is 0 Å². The SMILES string of the molecule is COc1ccc(CNC(=O)CC(=O)NCc2ccco2)cc1OC. The van der Waals surface area contributed by atoms with Crippen molar-refractivity contribution < 1.29 is 23.5 Å². The van der Waals surface area contributed by atoms with Crippen molar-refractivity contribution in [3.8, 4) is 11.5 Å². The molecule has 0 bridgehead atoms. The second kappa shape index (κ2) is 8.61. The lowest BCUT2D eigenvalue weighted by Gasteiger charge is -2.10. The van der Waals surface area contributed by atoms with Gasteiger partial charge in [0.05, 0.1) is 27.0 Å². The molecule has 2 aromatic rings. The molecule has 2 amide bonds. The fourth-order valence-corrected chi connectivity index (χ4v) is 2.06. The van der Waals surface area contributed by atoms with Crippen LogP contribution in [0.5, 0.6) is 11.5 Å². The van der Waals surface area contributed by atoms with Crippen LogP contribution in [0.1, 0.15) is 17.7 Å². The average molecular weight is 332 g/mol. The van der Waals surface area contributed by atoms with Gasteiger partial charge < -0.3 is 24.5 Å². The average Bonchev–Trinajstić information content (AvgIpc) is 3.11. The second-order valence-electron chi connectivity index (χ2n) is 5.00. The molecule has 1 aromatic heterocycles. The van der Waals surface area contributed by atoms with E-state index in [9.17, 15) is 9.59 Å². The fourth-order valence-electron chi connectivity index (χ4n) is 2.06. The standard InChI is InChI=1S/C17H20N2O5/c1-22-14-6-5-12(8-15(14)23-2)10-18-16(20)9-17(21)19-11-13-4-3-7-24-13/h3-8H,9-11H2,1-2H3,(H,18,20)(H,19,21). The summed E-state index contributed by atoms with van der Waals surface area (Å²) in [6.07, 6.45) is 1.28. The molecule has 24 heavy (non-hydrogen) atoms. The van der Waals surface area contributed by atoms with E-state index in [1.54, 1.807) is 38.5 Å². The first-order valence-corrected chi connectivity index (χ1v) is 7.39. The number of ether oxygens (including phenoxy) is 2. The largest absolute Gasteiger partial charge is 0.493 e. The van der Waals surface area contributed by atoms with E-state index in [-0.39, 0.29) is 24.8 Å². The van der Waals surface area contributed by atoms with Crippen molar-refractivity contribution in [1.82, 2.24) is 10.6 Å². The van der Waals surface area contributed by atoms with Crippen LogP contribution in [-0.4, -0.2) is 26.0 Å². The van der Waals surface area contributed by atoms with Gasteiger partial charge in [0, 0.05) is 6.54 Å². The van der Waals surface area contributed by atoms with Gasteiger partial charge in [-0.1, -0.05) is 6.07 Å². The molecule has 0 radical (unpaired) electrons. The Morgan fingerprint density at radius 3 is 2.33 bits per heavy atom. The number of rotatable bonds is 8. The van der Waals surface area contributed by atoms with Crippen LogP contribution >= 0.6 is 0 Å². The molecule has 0 unspecified atom stereocenters. The highest BCUT2D eigenvalue weighted by atomic mass is 16.5. The normalized spacial score (nSPS) is 10.1. The number of amides is 2. The number of carbonyl (C=O) groups is 2. The Kier molecular flexibility index (Phi) is 6.24. The van der Waals surface area contributed by atoms with Crippen molar-refractivity contribution >= 4 is 11.8 Å². The van der Waals surface area contributed by atoms with Gasteiger partial charge in [0.25, 0.3) is 0 Å². The molecule has 0 saturated heterocycles. The van der Waals surface area contributed by atoms with Gasteiger partial charge in [0.2, 0.25) is 11.8 Å². The second-order valence-corrected chi connectivity index (χ2v) is 5.00. The summed E-state index contributed by atoms with van der Waals surface area (Å²) in [5.41, 5.74) is 0.844. The highest BCUT2D eigenvalue weighted by molar-refractivity contribution is 5.96. The molecule has 1 heterocycles. The third-order valence-corrected chi connectivity index (χ3v) is 3.30. The predicted octanol–water partition coefficient (Wildman–Crippen LogP) is 1.62. The zero-order chi connectivity index (χ0) is 17.4. The number of furan rings is 1. The van der Waals surface area contributed by atoms with Gasteiger partial charge in [-0.2, -0.15) is 0 Å². The molecule has 0 spiro atoms. The zero-order valence-corrected chi connectivity index (χ0v) is 13.6. The van der Waals surface area contributed by atoms with Crippen molar-refractivity contribution in [2.75, 3.05) is 14.2 Å². The third kappa shape index (κ3) is 5.05. The smallest absolute Gasteiger partial charge is 0.229 e. The zero-order valence-electron chi connectivity index (χ0n) is 13.6. The van der Waals surface area contributed by atoms with E-state index < -0.39 is 0 Å². The first-order valence-electron chi connectivity index (χ1n) is 7.39. The minimum absolute atomic E-state index is 0.242. The molecule has 7 nitrogen and oxygen atoms in total. The Bertz CT molecular complexity index is 682. The predicted molar refractivity (Wildman–Crippen MR) is 86.6 cm³/mol. The third-order valence-electron chi connectivity index (χ3n) is 3.30. The summed E-state index contributed by atoms with van der Waals surface area (Å²) in [6.45, 7) is 0.555. The molecule has 0 atom stereocenters. The Hall–Kier alpha value is -2.96. The minimum atomic E-state index is -0.365. The van der Waals surface area contributed by atoms with Crippen LogP contribution in [0.15, 0.2) is 41.0 Å². The van der Waals surface area contributed by atoms with Crippen LogP contribution in [0.25, 0.3) is 0 Å². The summed E-state index contributed by atoms with van der Waals surface area (Å²) in [5.74, 6) is 1.11. The maximum absolute atomic E-state index is 11.8. The maximum Gasteiger partial charge on any atom is 0.229 e. The van der Waals surface area contributed by atoms with E-state index in [0.29, 0.717) is 23.8 Å². The number of methoxy groups -OCH3 is 2. The fraction of sp³-hybridized carbons (Fsp3) is 0.294. The van der Waals surface area contributed by atoms with E-state index in [4.69, 9.17) is 13.9 Å². The van der Waals surface area contributed by atoms with E-state index >= 15 is 0 Å². The molecule has 1 aromatic carbocycles. The molecule has 0 aliphatic heterocycles. The number of carbonyl (C=O) groups excluding carboxylic acids is 2. The van der Waals surface area contributed by atoms with Gasteiger partial charge >= 0.3 is 0 Å². The monoisotopic (exact) mass is 332 g/mol. The number of hydrogen-bond donors (Lipinski definition) is 2. The summed E-state index contributed by atoms with van der Waals surface area (Å²) in [4.78, 5) is 23.5. The van der Waals surface area contributed by atoms with Crippen molar-refractivity contribution in [1.29, 1.82) is 0 Å². The van der Waals surface area contributed by atoms with E-state index in [0.717, 1.165) is 5.56 Å². The minimum Gasteiger partial charge on any atom is -0.493 e. The Morgan fingerprint density at radius 1 is 1.00 bits per heavy atom. The number of benzene rings is 1. The molecule has 2 rings (SSSR count). The van der Waals surface area contributed by atoms with Gasteiger partial charge in [0.15, 0.2) is 11.5 Å². The summed E-state index contributed by atoms with van der Waals surface area (Å²) in [6, 6.07) is 8.83. The lowest BCUT2D eigenvalue weighted by atomic mass is 10.2. The molecule has 0 aliphatic carbocycles. The maximum atomic E-state index is 11.8. The van der Waals surface area contributed by atoms with Crippen LogP contribution in [0, 0.1) is 0 Å². The Balaban J connectivity index is 1.77. The number of hydrogen-bond acceptors (Lipinski definition) is 5. The van der Waals surface area contributed by atoms with Gasteiger partial charge in [0.1, 0.15) is 12.2 Å². The molecular formula is C17H20N2O5. The van der Waals surface area contributed by atoms with Crippen LogP contribution in [0.2, 0.25) is 0 Å². The summed E-state index contributed by atoms with van der Waals surface area (Å²) in [7, 11) is 3.10. The van der Waals surface area contributed by atoms with Gasteiger partial charge in [-0.05, 0) is 29.8 Å². The van der Waals surface area contributed by atoms with Crippen LogP contribution in [-0.2, 0) is 22.7 Å². The summed E-state index contributed by atoms with van der Waals surface area (Å²) in [5, 5.41) is 5.31. The molecule has 128 valence electrons. The summed E-state index contributed by atoms with van der Waals surface area (Å²) >= 11 is 0. The van der Waals surface area contributed by atoms with Crippen LogP contribution in [0.3, 0.4) is 0 Å². The molecular weight excluding hydrogens is 312 g/mol.